The minimum absolute atomic E-state index is 0.0996. The molecule has 8 nitrogen and oxygen atoms in total. The predicted octanol–water partition coefficient (Wildman–Crippen LogP) is 3.90. The lowest BCUT2D eigenvalue weighted by Crippen LogP contribution is -2.36. The Labute approximate surface area is 186 Å². The number of para-hydroxylation sites is 1. The second-order valence-electron chi connectivity index (χ2n) is 8.27. The molecule has 3 aromatic heterocycles. The van der Waals surface area contributed by atoms with Gasteiger partial charge < -0.3 is 15.2 Å². The third-order valence-electron chi connectivity index (χ3n) is 6.09. The molecule has 1 saturated carbocycles. The second kappa shape index (κ2) is 8.82. The number of aryl methyl sites for hydroxylation is 1. The molecule has 0 saturated heterocycles. The number of imidazole rings is 1. The van der Waals surface area contributed by atoms with Crippen LogP contribution in [0.1, 0.15) is 53.8 Å². The Morgan fingerprint density at radius 1 is 1.12 bits per heavy atom. The quantitative estimate of drug-likeness (QED) is 0.485. The second-order valence-corrected chi connectivity index (χ2v) is 8.27. The monoisotopic (exact) mass is 429 g/mol. The third-order valence-corrected chi connectivity index (χ3v) is 6.09. The van der Waals surface area contributed by atoms with E-state index >= 15 is 0 Å². The zero-order valence-corrected chi connectivity index (χ0v) is 18.2. The largest absolute Gasteiger partial charge is 0.366 e. The van der Waals surface area contributed by atoms with Crippen molar-refractivity contribution in [2.45, 2.75) is 51.6 Å². The van der Waals surface area contributed by atoms with E-state index in [4.69, 9.17) is 0 Å². The lowest BCUT2D eigenvalue weighted by Gasteiger charge is -2.22. The summed E-state index contributed by atoms with van der Waals surface area (Å²) in [6.45, 7) is 2.58. The average Bonchev–Trinajstić information content (AvgIpc) is 3.44. The molecule has 1 fully saturated rings. The summed E-state index contributed by atoms with van der Waals surface area (Å²) in [6, 6.07) is 10.3. The maximum Gasteiger partial charge on any atom is 0.256 e. The Bertz CT molecular complexity index is 1240. The molecule has 1 aliphatic carbocycles. The summed E-state index contributed by atoms with van der Waals surface area (Å²) >= 11 is 0. The Morgan fingerprint density at radius 3 is 2.78 bits per heavy atom. The number of aromatic nitrogens is 5. The Balaban J connectivity index is 1.34. The van der Waals surface area contributed by atoms with Crippen molar-refractivity contribution in [1.29, 1.82) is 0 Å². The first-order valence-corrected chi connectivity index (χ1v) is 11.2. The Hall–Kier alpha value is -3.68. The molecule has 1 aliphatic rings. The molecule has 0 radical (unpaired) electrons. The summed E-state index contributed by atoms with van der Waals surface area (Å²) in [6.07, 6.45) is 12.9. The van der Waals surface area contributed by atoms with Crippen molar-refractivity contribution in [3.63, 3.8) is 0 Å². The van der Waals surface area contributed by atoms with Crippen LogP contribution in [0.3, 0.4) is 0 Å². The first-order valence-electron chi connectivity index (χ1n) is 11.2. The predicted molar refractivity (Wildman–Crippen MR) is 123 cm³/mol. The van der Waals surface area contributed by atoms with E-state index in [9.17, 15) is 4.79 Å². The summed E-state index contributed by atoms with van der Waals surface area (Å²) in [5, 5.41) is 10.9. The smallest absolute Gasteiger partial charge is 0.256 e. The van der Waals surface area contributed by atoms with Gasteiger partial charge in [-0.15, -0.1) is 0 Å². The van der Waals surface area contributed by atoms with Crippen LogP contribution in [0.15, 0.2) is 55.1 Å². The zero-order valence-electron chi connectivity index (χ0n) is 18.2. The fourth-order valence-corrected chi connectivity index (χ4v) is 4.35. The van der Waals surface area contributed by atoms with E-state index in [-0.39, 0.29) is 11.9 Å². The van der Waals surface area contributed by atoms with Crippen LogP contribution in [-0.2, 0) is 6.54 Å². The first kappa shape index (κ1) is 20.2. The van der Waals surface area contributed by atoms with E-state index in [0.717, 1.165) is 29.9 Å². The van der Waals surface area contributed by atoms with Crippen LogP contribution < -0.4 is 10.6 Å². The molecule has 2 N–H and O–H groups in total. The maximum atomic E-state index is 12.9. The van der Waals surface area contributed by atoms with Gasteiger partial charge in [-0.05, 0) is 37.5 Å². The van der Waals surface area contributed by atoms with Crippen LogP contribution in [-0.4, -0.2) is 36.1 Å². The number of benzene rings is 1. The van der Waals surface area contributed by atoms with E-state index in [1.165, 1.54) is 19.3 Å². The summed E-state index contributed by atoms with van der Waals surface area (Å²) in [4.78, 5) is 21.9. The molecule has 4 aromatic rings. The van der Waals surface area contributed by atoms with Crippen LogP contribution in [0.2, 0.25) is 0 Å². The van der Waals surface area contributed by atoms with E-state index in [1.54, 1.807) is 16.9 Å². The van der Waals surface area contributed by atoms with Gasteiger partial charge in [0.2, 0.25) is 0 Å². The van der Waals surface area contributed by atoms with Gasteiger partial charge in [0.25, 0.3) is 5.91 Å². The Morgan fingerprint density at radius 2 is 1.97 bits per heavy atom. The van der Waals surface area contributed by atoms with Crippen molar-refractivity contribution >= 4 is 17.4 Å². The zero-order chi connectivity index (χ0) is 21.9. The van der Waals surface area contributed by atoms with Gasteiger partial charge in [-0.25, -0.2) is 14.5 Å². The topological polar surface area (TPSA) is 89.1 Å². The van der Waals surface area contributed by atoms with Crippen LogP contribution in [0.25, 0.3) is 11.3 Å². The van der Waals surface area contributed by atoms with Crippen molar-refractivity contribution < 1.29 is 4.79 Å². The minimum atomic E-state index is -0.0996. The van der Waals surface area contributed by atoms with Crippen molar-refractivity contribution in [3.05, 3.63) is 72.1 Å². The van der Waals surface area contributed by atoms with Crippen LogP contribution in [0.5, 0.6) is 0 Å². The van der Waals surface area contributed by atoms with Gasteiger partial charge in [-0.1, -0.05) is 37.5 Å². The van der Waals surface area contributed by atoms with Crippen molar-refractivity contribution in [1.82, 2.24) is 29.5 Å². The summed E-state index contributed by atoms with van der Waals surface area (Å²) in [5.41, 5.74) is 3.27. The van der Waals surface area contributed by atoms with Gasteiger partial charge in [0.05, 0.1) is 11.9 Å². The number of nitrogens with zero attached hydrogens (tertiary/aromatic N) is 5. The highest BCUT2D eigenvalue weighted by Crippen LogP contribution is 2.20. The number of hydrogen-bond donors (Lipinski definition) is 2. The highest BCUT2D eigenvalue weighted by Gasteiger charge is 2.20. The van der Waals surface area contributed by atoms with Crippen LogP contribution in [0, 0.1) is 6.92 Å². The summed E-state index contributed by atoms with van der Waals surface area (Å²) in [5.74, 6) is 1.53. The van der Waals surface area contributed by atoms with Gasteiger partial charge >= 0.3 is 0 Å². The molecule has 3 heterocycles. The minimum Gasteiger partial charge on any atom is -0.366 e. The molecule has 0 spiro atoms. The van der Waals surface area contributed by atoms with E-state index in [0.29, 0.717) is 23.6 Å². The molecule has 1 aromatic carbocycles. The van der Waals surface area contributed by atoms with Gasteiger partial charge in [-0.3, -0.25) is 4.79 Å². The van der Waals surface area contributed by atoms with E-state index in [2.05, 4.69) is 42.4 Å². The molecular weight excluding hydrogens is 402 g/mol. The van der Waals surface area contributed by atoms with Gasteiger partial charge in [0.1, 0.15) is 17.2 Å². The lowest BCUT2D eigenvalue weighted by atomic mass is 9.95. The molecule has 8 heteroatoms. The molecule has 32 heavy (non-hydrogen) atoms. The maximum absolute atomic E-state index is 12.9. The number of nitrogens with one attached hydrogen (secondary N) is 2. The number of hydrogen-bond acceptors (Lipinski definition) is 5. The SMILES string of the molecule is Cc1nccn1-c1ccccc1CNc1ccn2ncc(C(=O)NC3CCCCC3)c2n1. The fourth-order valence-electron chi connectivity index (χ4n) is 4.35. The summed E-state index contributed by atoms with van der Waals surface area (Å²) < 4.78 is 3.71. The average molecular weight is 430 g/mol. The lowest BCUT2D eigenvalue weighted by molar-refractivity contribution is 0.0929. The van der Waals surface area contributed by atoms with Gasteiger partial charge in [0.15, 0.2) is 5.65 Å². The molecular formula is C24H27N7O. The highest BCUT2D eigenvalue weighted by molar-refractivity contribution is 5.99. The molecule has 0 atom stereocenters. The number of fused-ring (bicyclic) bond motifs is 1. The molecule has 5 rings (SSSR count). The Kier molecular flexibility index (Phi) is 5.58. The van der Waals surface area contributed by atoms with Crippen molar-refractivity contribution in [3.8, 4) is 5.69 Å². The molecule has 0 bridgehead atoms. The van der Waals surface area contributed by atoms with Crippen molar-refractivity contribution in [2.24, 2.45) is 0 Å². The third kappa shape index (κ3) is 4.08. The van der Waals surface area contributed by atoms with E-state index in [1.807, 2.05) is 37.5 Å². The van der Waals surface area contributed by atoms with Crippen LogP contribution in [0.4, 0.5) is 5.82 Å². The number of rotatable bonds is 6. The standard InChI is InChI=1S/C24H27N7O/c1-17-25-12-14-30(17)21-10-6-5-7-18(21)15-26-22-11-13-31-23(29-22)20(16-27-31)24(32)28-19-8-3-2-4-9-19/h5-7,10-14,16,19H,2-4,8-9,15H2,1H3,(H,26,29)(H,28,32). The number of carbonyl (C=O) groups excluding carboxylic acids is 1. The normalized spacial score (nSPS) is 14.5. The first-order chi connectivity index (χ1) is 15.7. The highest BCUT2D eigenvalue weighted by atomic mass is 16.1. The van der Waals surface area contributed by atoms with E-state index < -0.39 is 0 Å². The number of carbonyl (C=O) groups is 1. The molecule has 0 aliphatic heterocycles. The fraction of sp³-hybridized carbons (Fsp3) is 0.333. The molecule has 0 unspecified atom stereocenters. The molecule has 164 valence electrons. The number of anilines is 1. The van der Waals surface area contributed by atoms with Crippen LogP contribution >= 0.6 is 0 Å². The molecule has 1 amide bonds. The van der Waals surface area contributed by atoms with Gasteiger partial charge in [-0.2, -0.15) is 5.10 Å². The summed E-state index contributed by atoms with van der Waals surface area (Å²) in [7, 11) is 0. The van der Waals surface area contributed by atoms with Gasteiger partial charge in [0, 0.05) is 31.2 Å². The number of amides is 1. The van der Waals surface area contributed by atoms with Crippen molar-refractivity contribution in [2.75, 3.05) is 5.32 Å².